The minimum atomic E-state index is -0.577. The zero-order valence-corrected chi connectivity index (χ0v) is 16.1. The number of piperazine rings is 1. The zero-order valence-electron chi connectivity index (χ0n) is 16.1. The van der Waals surface area contributed by atoms with Gasteiger partial charge in [0.2, 0.25) is 11.9 Å². The summed E-state index contributed by atoms with van der Waals surface area (Å²) >= 11 is 0. The van der Waals surface area contributed by atoms with Gasteiger partial charge >= 0.3 is 0 Å². The minimum Gasteiger partial charge on any atom is -0.396 e. The van der Waals surface area contributed by atoms with Gasteiger partial charge in [0, 0.05) is 57.1 Å². The van der Waals surface area contributed by atoms with Crippen molar-refractivity contribution in [3.63, 3.8) is 0 Å². The van der Waals surface area contributed by atoms with Crippen LogP contribution in [0.3, 0.4) is 0 Å². The molecule has 0 radical (unpaired) electrons. The van der Waals surface area contributed by atoms with Crippen LogP contribution < -0.4 is 4.90 Å². The Morgan fingerprint density at radius 3 is 2.56 bits per heavy atom. The van der Waals surface area contributed by atoms with Crippen LogP contribution in [-0.4, -0.2) is 94.4 Å². The Kier molecular flexibility index (Phi) is 6.62. The predicted octanol–water partition coefficient (Wildman–Crippen LogP) is -0.0294. The van der Waals surface area contributed by atoms with Crippen molar-refractivity contribution in [2.45, 2.75) is 32.3 Å². The van der Waals surface area contributed by atoms with Crippen LogP contribution in [0.4, 0.5) is 5.95 Å². The molecular formula is C19H31N5O3. The molecule has 0 spiro atoms. The van der Waals surface area contributed by atoms with Crippen LogP contribution in [0.25, 0.3) is 0 Å². The van der Waals surface area contributed by atoms with Gasteiger partial charge in [-0.15, -0.1) is 0 Å². The molecule has 2 N–H and O–H groups in total. The number of piperidine rings is 1. The number of nitrogens with zero attached hydrogens (tertiary/aromatic N) is 5. The highest BCUT2D eigenvalue weighted by molar-refractivity contribution is 5.78. The summed E-state index contributed by atoms with van der Waals surface area (Å²) in [6.45, 7) is 6.52. The van der Waals surface area contributed by atoms with Crippen molar-refractivity contribution >= 4 is 11.9 Å². The molecular weight excluding hydrogens is 346 g/mol. The van der Waals surface area contributed by atoms with E-state index in [9.17, 15) is 15.0 Å². The van der Waals surface area contributed by atoms with E-state index in [-0.39, 0.29) is 12.5 Å². The van der Waals surface area contributed by atoms with Crippen molar-refractivity contribution in [1.29, 1.82) is 0 Å². The van der Waals surface area contributed by atoms with Crippen LogP contribution in [0.5, 0.6) is 0 Å². The number of hydrogen-bond acceptors (Lipinski definition) is 7. The number of hydrogen-bond donors (Lipinski definition) is 2. The first kappa shape index (κ1) is 20.0. The largest absolute Gasteiger partial charge is 0.396 e. The topological polar surface area (TPSA) is 93.0 Å². The third-order valence-corrected chi connectivity index (χ3v) is 5.87. The van der Waals surface area contributed by atoms with Crippen molar-refractivity contribution < 1.29 is 15.0 Å². The molecule has 0 saturated carbocycles. The molecule has 2 saturated heterocycles. The summed E-state index contributed by atoms with van der Waals surface area (Å²) in [6.07, 6.45) is 5.08. The molecule has 2 fully saturated rings. The SMILES string of the molecule is CCC[C@@]1(CO)CN(C(=O)CN2CCN(c3ncccn3)CC2)CC[C@@H]1O. The maximum atomic E-state index is 12.8. The van der Waals surface area contributed by atoms with E-state index in [1.807, 2.05) is 11.8 Å². The highest BCUT2D eigenvalue weighted by atomic mass is 16.3. The van der Waals surface area contributed by atoms with Gasteiger partial charge in [0.15, 0.2) is 0 Å². The Morgan fingerprint density at radius 1 is 1.22 bits per heavy atom. The number of carbonyl (C=O) groups is 1. The maximum Gasteiger partial charge on any atom is 0.236 e. The summed E-state index contributed by atoms with van der Waals surface area (Å²) in [4.78, 5) is 27.5. The Hall–Kier alpha value is -1.77. The van der Waals surface area contributed by atoms with Gasteiger partial charge in [-0.25, -0.2) is 9.97 Å². The predicted molar refractivity (Wildman–Crippen MR) is 102 cm³/mol. The summed E-state index contributed by atoms with van der Waals surface area (Å²) in [7, 11) is 0. The second-order valence-electron chi connectivity index (χ2n) is 7.70. The second kappa shape index (κ2) is 8.95. The standard InChI is InChI=1S/C19H31N5O3/c1-2-5-19(15-25)14-24(8-4-16(19)26)17(27)13-22-9-11-23(12-10-22)18-20-6-3-7-21-18/h3,6-7,16,25-26H,2,4-5,8-15H2,1H3/t16-,19-/m0/s1. The van der Waals surface area contributed by atoms with E-state index in [0.29, 0.717) is 26.1 Å². The molecule has 8 nitrogen and oxygen atoms in total. The van der Waals surface area contributed by atoms with Crippen LogP contribution in [0, 0.1) is 5.41 Å². The van der Waals surface area contributed by atoms with Crippen LogP contribution >= 0.6 is 0 Å². The Labute approximate surface area is 160 Å². The average molecular weight is 377 g/mol. The molecule has 2 aliphatic heterocycles. The number of carbonyl (C=O) groups excluding carboxylic acids is 1. The monoisotopic (exact) mass is 377 g/mol. The van der Waals surface area contributed by atoms with Crippen LogP contribution in [0.2, 0.25) is 0 Å². The lowest BCUT2D eigenvalue weighted by atomic mass is 9.74. The summed E-state index contributed by atoms with van der Waals surface area (Å²) < 4.78 is 0. The lowest BCUT2D eigenvalue weighted by Crippen LogP contribution is -2.57. The van der Waals surface area contributed by atoms with Crippen molar-refractivity contribution in [2.24, 2.45) is 5.41 Å². The summed E-state index contributed by atoms with van der Waals surface area (Å²) in [5, 5.41) is 20.3. The fourth-order valence-corrected chi connectivity index (χ4v) is 4.19. The Balaban J connectivity index is 1.52. The first-order chi connectivity index (χ1) is 13.1. The smallest absolute Gasteiger partial charge is 0.236 e. The lowest BCUT2D eigenvalue weighted by molar-refractivity contribution is -0.143. The molecule has 1 aromatic rings. The van der Waals surface area contributed by atoms with Crippen LogP contribution in [-0.2, 0) is 4.79 Å². The van der Waals surface area contributed by atoms with E-state index in [4.69, 9.17) is 0 Å². The third-order valence-electron chi connectivity index (χ3n) is 5.87. The normalized spacial score (nSPS) is 27.0. The summed E-state index contributed by atoms with van der Waals surface area (Å²) in [5.74, 6) is 0.820. The number of aliphatic hydroxyl groups is 2. The van der Waals surface area contributed by atoms with Gasteiger partial charge in [-0.2, -0.15) is 0 Å². The first-order valence-electron chi connectivity index (χ1n) is 9.89. The van der Waals surface area contributed by atoms with E-state index in [0.717, 1.165) is 45.0 Å². The zero-order chi connectivity index (χ0) is 19.3. The molecule has 8 heteroatoms. The molecule has 27 heavy (non-hydrogen) atoms. The van der Waals surface area contributed by atoms with E-state index >= 15 is 0 Å². The molecule has 0 aliphatic carbocycles. The number of rotatable bonds is 6. The Bertz CT molecular complexity index is 609. The number of aromatic nitrogens is 2. The Morgan fingerprint density at radius 2 is 1.93 bits per heavy atom. The van der Waals surface area contributed by atoms with Crippen molar-refractivity contribution in [1.82, 2.24) is 19.8 Å². The van der Waals surface area contributed by atoms with E-state index < -0.39 is 11.5 Å². The van der Waals surface area contributed by atoms with E-state index in [2.05, 4.69) is 19.8 Å². The lowest BCUT2D eigenvalue weighted by Gasteiger charge is -2.46. The van der Waals surface area contributed by atoms with Gasteiger partial charge in [-0.05, 0) is 18.9 Å². The summed E-state index contributed by atoms with van der Waals surface area (Å²) in [6, 6.07) is 1.80. The number of anilines is 1. The molecule has 3 heterocycles. The molecule has 0 unspecified atom stereocenters. The second-order valence-corrected chi connectivity index (χ2v) is 7.70. The van der Waals surface area contributed by atoms with Crippen LogP contribution in [0.1, 0.15) is 26.2 Å². The molecule has 0 bridgehead atoms. The van der Waals surface area contributed by atoms with E-state index in [1.54, 1.807) is 18.5 Å². The third kappa shape index (κ3) is 4.56. The van der Waals surface area contributed by atoms with Gasteiger partial charge in [0.25, 0.3) is 0 Å². The van der Waals surface area contributed by atoms with E-state index in [1.165, 1.54) is 0 Å². The van der Waals surface area contributed by atoms with Crippen molar-refractivity contribution in [3.05, 3.63) is 18.5 Å². The number of amides is 1. The number of aliphatic hydroxyl groups excluding tert-OH is 2. The van der Waals surface area contributed by atoms with Gasteiger partial charge < -0.3 is 20.0 Å². The molecule has 0 aromatic carbocycles. The van der Waals surface area contributed by atoms with Gasteiger partial charge in [0.1, 0.15) is 0 Å². The molecule has 150 valence electrons. The molecule has 2 atom stereocenters. The summed E-state index contributed by atoms with van der Waals surface area (Å²) in [5.41, 5.74) is -0.577. The molecule has 3 rings (SSSR count). The molecule has 1 aromatic heterocycles. The average Bonchev–Trinajstić information content (AvgIpc) is 2.71. The van der Waals surface area contributed by atoms with Gasteiger partial charge in [-0.3, -0.25) is 9.69 Å². The minimum absolute atomic E-state index is 0.0818. The first-order valence-corrected chi connectivity index (χ1v) is 9.89. The fourth-order valence-electron chi connectivity index (χ4n) is 4.19. The maximum absolute atomic E-state index is 12.8. The fraction of sp³-hybridized carbons (Fsp3) is 0.737. The van der Waals surface area contributed by atoms with Gasteiger partial charge in [0.05, 0.1) is 19.3 Å². The highest BCUT2D eigenvalue weighted by Crippen LogP contribution is 2.34. The van der Waals surface area contributed by atoms with Gasteiger partial charge in [-0.1, -0.05) is 13.3 Å². The van der Waals surface area contributed by atoms with Crippen molar-refractivity contribution in [3.8, 4) is 0 Å². The number of likely N-dealkylation sites (tertiary alicyclic amines) is 1. The molecule has 1 amide bonds. The quantitative estimate of drug-likeness (QED) is 0.719. The highest BCUT2D eigenvalue weighted by Gasteiger charge is 2.43. The van der Waals surface area contributed by atoms with Crippen LogP contribution in [0.15, 0.2) is 18.5 Å². The van der Waals surface area contributed by atoms with Crippen molar-refractivity contribution in [2.75, 3.05) is 57.3 Å². The molecule has 2 aliphatic rings.